The number of nitrogens with zero attached hydrogens (tertiary/aromatic N) is 2. The summed E-state index contributed by atoms with van der Waals surface area (Å²) < 4.78 is 2.56. The van der Waals surface area contributed by atoms with Crippen molar-refractivity contribution < 1.29 is 4.79 Å². The maximum Gasteiger partial charge on any atom is 0.244 e. The highest BCUT2D eigenvalue weighted by Crippen LogP contribution is 2.17. The van der Waals surface area contributed by atoms with Crippen molar-refractivity contribution in [2.75, 3.05) is 5.32 Å². The van der Waals surface area contributed by atoms with Crippen LogP contribution >= 0.6 is 15.9 Å². The predicted molar refractivity (Wildman–Crippen MR) is 100 cm³/mol. The summed E-state index contributed by atoms with van der Waals surface area (Å²) in [4.78, 5) is 24.3. The number of benzene rings is 2. The van der Waals surface area contributed by atoms with Crippen LogP contribution in [0.4, 0.5) is 5.69 Å². The molecule has 6 heteroatoms. The van der Waals surface area contributed by atoms with Crippen molar-refractivity contribution in [1.29, 1.82) is 5.26 Å². The lowest BCUT2D eigenvalue weighted by Gasteiger charge is -2.11. The van der Waals surface area contributed by atoms with E-state index in [1.165, 1.54) is 6.07 Å². The molecule has 1 heterocycles. The molecule has 124 valence electrons. The Morgan fingerprint density at radius 1 is 1.16 bits per heavy atom. The summed E-state index contributed by atoms with van der Waals surface area (Å²) in [6.07, 6.45) is 1.96. The molecule has 2 aromatic carbocycles. The normalized spacial score (nSPS) is 10.4. The van der Waals surface area contributed by atoms with Crippen LogP contribution in [0.2, 0.25) is 0 Å². The van der Waals surface area contributed by atoms with E-state index in [1.807, 2.05) is 24.3 Å². The Hall–Kier alpha value is -2.91. The second-order valence-electron chi connectivity index (χ2n) is 5.55. The van der Waals surface area contributed by atoms with Crippen LogP contribution in [0.25, 0.3) is 10.9 Å². The number of hydrogen-bond donors (Lipinski definition) is 1. The van der Waals surface area contributed by atoms with Crippen molar-refractivity contribution in [3.63, 3.8) is 0 Å². The molecule has 5 nitrogen and oxygen atoms in total. The molecule has 25 heavy (non-hydrogen) atoms. The SMILES string of the molecule is N#CCc1ccc(NC(=O)Cn2ccc(=O)c3cc(Br)ccc32)cc1. The topological polar surface area (TPSA) is 74.9 Å². The molecule has 0 spiro atoms. The zero-order valence-corrected chi connectivity index (χ0v) is 14.8. The van der Waals surface area contributed by atoms with Gasteiger partial charge < -0.3 is 9.88 Å². The van der Waals surface area contributed by atoms with E-state index in [2.05, 4.69) is 27.3 Å². The Morgan fingerprint density at radius 2 is 1.92 bits per heavy atom. The van der Waals surface area contributed by atoms with Gasteiger partial charge in [-0.25, -0.2) is 0 Å². The van der Waals surface area contributed by atoms with Crippen LogP contribution in [0.3, 0.4) is 0 Å². The maximum atomic E-state index is 12.3. The minimum atomic E-state index is -0.194. The molecule has 0 saturated heterocycles. The molecule has 3 rings (SSSR count). The van der Waals surface area contributed by atoms with Gasteiger partial charge in [-0.3, -0.25) is 9.59 Å². The fourth-order valence-corrected chi connectivity index (χ4v) is 2.94. The molecule has 1 N–H and O–H groups in total. The van der Waals surface area contributed by atoms with Crippen molar-refractivity contribution in [3.05, 3.63) is 75.0 Å². The maximum absolute atomic E-state index is 12.3. The van der Waals surface area contributed by atoms with Gasteiger partial charge in [-0.1, -0.05) is 28.1 Å². The van der Waals surface area contributed by atoms with Crippen LogP contribution in [0, 0.1) is 11.3 Å². The number of amides is 1. The van der Waals surface area contributed by atoms with Crippen LogP contribution in [0.1, 0.15) is 5.56 Å². The highest BCUT2D eigenvalue weighted by molar-refractivity contribution is 9.10. The third-order valence-electron chi connectivity index (χ3n) is 3.77. The molecule has 0 aliphatic carbocycles. The van der Waals surface area contributed by atoms with Gasteiger partial charge in [-0.15, -0.1) is 0 Å². The average Bonchev–Trinajstić information content (AvgIpc) is 2.59. The summed E-state index contributed by atoms with van der Waals surface area (Å²) in [5, 5.41) is 12.1. The van der Waals surface area contributed by atoms with E-state index in [9.17, 15) is 9.59 Å². The smallest absolute Gasteiger partial charge is 0.244 e. The fraction of sp³-hybridized carbons (Fsp3) is 0.105. The van der Waals surface area contributed by atoms with Crippen LogP contribution in [-0.4, -0.2) is 10.5 Å². The second-order valence-corrected chi connectivity index (χ2v) is 6.47. The number of pyridine rings is 1. The first kappa shape index (κ1) is 16.9. The van der Waals surface area contributed by atoms with E-state index < -0.39 is 0 Å². The standard InChI is InChI=1S/C19H14BrN3O2/c20-14-3-6-17-16(11-14)18(24)8-10-23(17)12-19(25)22-15-4-1-13(2-5-15)7-9-21/h1-6,8,10-11H,7,12H2,(H,22,25). The second kappa shape index (κ2) is 7.32. The molecular weight excluding hydrogens is 382 g/mol. The molecule has 1 amide bonds. The van der Waals surface area contributed by atoms with Crippen molar-refractivity contribution in [2.24, 2.45) is 0 Å². The number of nitrogens with one attached hydrogen (secondary N) is 1. The molecule has 0 unspecified atom stereocenters. The van der Waals surface area contributed by atoms with E-state index >= 15 is 0 Å². The molecule has 0 aliphatic rings. The van der Waals surface area contributed by atoms with E-state index in [1.54, 1.807) is 29.0 Å². The number of rotatable bonds is 4. The van der Waals surface area contributed by atoms with Gasteiger partial charge in [-0.2, -0.15) is 5.26 Å². The molecule has 0 fully saturated rings. The van der Waals surface area contributed by atoms with E-state index in [0.29, 0.717) is 23.0 Å². The lowest BCUT2D eigenvalue weighted by atomic mass is 10.1. The summed E-state index contributed by atoms with van der Waals surface area (Å²) >= 11 is 3.36. The molecule has 0 atom stereocenters. The third-order valence-corrected chi connectivity index (χ3v) is 4.27. The molecular formula is C19H14BrN3O2. The predicted octanol–water partition coefficient (Wildman–Crippen LogP) is 3.47. The van der Waals surface area contributed by atoms with Gasteiger partial charge in [0.2, 0.25) is 5.91 Å². The Kier molecular flexibility index (Phi) is 4.96. The van der Waals surface area contributed by atoms with Gasteiger partial charge in [-0.05, 0) is 35.9 Å². The lowest BCUT2D eigenvalue weighted by molar-refractivity contribution is -0.116. The molecule has 1 aromatic heterocycles. The first-order chi connectivity index (χ1) is 12.1. The molecule has 0 bridgehead atoms. The quantitative estimate of drug-likeness (QED) is 0.734. The van der Waals surface area contributed by atoms with Crippen LogP contribution in [-0.2, 0) is 17.8 Å². The third kappa shape index (κ3) is 3.95. The lowest BCUT2D eigenvalue weighted by Crippen LogP contribution is -2.20. The summed E-state index contributed by atoms with van der Waals surface area (Å²) in [6, 6.07) is 16.1. The summed E-state index contributed by atoms with van der Waals surface area (Å²) in [5.74, 6) is -0.194. The highest BCUT2D eigenvalue weighted by atomic mass is 79.9. The summed E-state index contributed by atoms with van der Waals surface area (Å²) in [5.41, 5.74) is 2.19. The summed E-state index contributed by atoms with van der Waals surface area (Å²) in [6.45, 7) is 0.0956. The number of fused-ring (bicyclic) bond motifs is 1. The molecule has 0 saturated carbocycles. The highest BCUT2D eigenvalue weighted by Gasteiger charge is 2.08. The van der Waals surface area contributed by atoms with Gasteiger partial charge >= 0.3 is 0 Å². The van der Waals surface area contributed by atoms with Gasteiger partial charge in [0.05, 0.1) is 18.0 Å². The van der Waals surface area contributed by atoms with Crippen LogP contribution in [0.5, 0.6) is 0 Å². The van der Waals surface area contributed by atoms with E-state index in [0.717, 1.165) is 10.0 Å². The van der Waals surface area contributed by atoms with Crippen molar-refractivity contribution in [1.82, 2.24) is 4.57 Å². The van der Waals surface area contributed by atoms with Gasteiger partial charge in [0.15, 0.2) is 5.43 Å². The minimum absolute atomic E-state index is 0.0824. The van der Waals surface area contributed by atoms with Crippen molar-refractivity contribution in [3.8, 4) is 6.07 Å². The Labute approximate surface area is 152 Å². The van der Waals surface area contributed by atoms with Crippen molar-refractivity contribution in [2.45, 2.75) is 13.0 Å². The number of anilines is 1. The minimum Gasteiger partial charge on any atom is -0.338 e. The van der Waals surface area contributed by atoms with Crippen LogP contribution < -0.4 is 10.7 Å². The Morgan fingerprint density at radius 3 is 2.64 bits per heavy atom. The van der Waals surface area contributed by atoms with Gasteiger partial charge in [0.1, 0.15) is 6.54 Å². The van der Waals surface area contributed by atoms with Crippen molar-refractivity contribution >= 4 is 38.4 Å². The zero-order chi connectivity index (χ0) is 17.8. The zero-order valence-electron chi connectivity index (χ0n) is 13.2. The Balaban J connectivity index is 1.79. The number of carbonyl (C=O) groups excluding carboxylic acids is 1. The first-order valence-corrected chi connectivity index (χ1v) is 8.40. The summed E-state index contributed by atoms with van der Waals surface area (Å²) in [7, 11) is 0. The Bertz CT molecular complexity index is 1030. The largest absolute Gasteiger partial charge is 0.338 e. The van der Waals surface area contributed by atoms with Crippen LogP contribution in [0.15, 0.2) is 64.0 Å². The number of halogens is 1. The number of carbonyl (C=O) groups is 1. The average molecular weight is 396 g/mol. The number of aromatic nitrogens is 1. The van der Waals surface area contributed by atoms with E-state index in [4.69, 9.17) is 5.26 Å². The molecule has 3 aromatic rings. The van der Waals surface area contributed by atoms with Gasteiger partial charge in [0, 0.05) is 27.8 Å². The monoisotopic (exact) mass is 395 g/mol. The number of nitriles is 1. The first-order valence-electron chi connectivity index (χ1n) is 7.61. The molecule has 0 aliphatic heterocycles. The number of hydrogen-bond acceptors (Lipinski definition) is 3. The molecule has 0 radical (unpaired) electrons. The van der Waals surface area contributed by atoms with Gasteiger partial charge in [0.25, 0.3) is 0 Å². The fourth-order valence-electron chi connectivity index (χ4n) is 2.57. The van der Waals surface area contributed by atoms with E-state index in [-0.39, 0.29) is 17.9 Å².